The van der Waals surface area contributed by atoms with E-state index in [4.69, 9.17) is 11.5 Å². The molecule has 0 spiro atoms. The van der Waals surface area contributed by atoms with Gasteiger partial charge in [0.1, 0.15) is 5.82 Å². The van der Waals surface area contributed by atoms with Crippen molar-refractivity contribution in [2.75, 3.05) is 12.3 Å². The third-order valence-electron chi connectivity index (χ3n) is 1.97. The molecule has 0 aromatic carbocycles. The average Bonchev–Trinajstić information content (AvgIpc) is 1.96. The van der Waals surface area contributed by atoms with Crippen molar-refractivity contribution < 1.29 is 0 Å². The largest absolute Gasteiger partial charge is 0.384 e. The van der Waals surface area contributed by atoms with Gasteiger partial charge in [-0.2, -0.15) is 0 Å². The van der Waals surface area contributed by atoms with Gasteiger partial charge in [-0.05, 0) is 44.0 Å². The van der Waals surface area contributed by atoms with Gasteiger partial charge in [0, 0.05) is 5.69 Å². The first-order valence-electron chi connectivity index (χ1n) is 4.08. The molecule has 66 valence electrons. The van der Waals surface area contributed by atoms with E-state index < -0.39 is 0 Å². The third kappa shape index (κ3) is 1.74. The Morgan fingerprint density at radius 1 is 1.42 bits per heavy atom. The normalized spacial score (nSPS) is 10.2. The standard InChI is InChI=1S/C9H15N3/c1-6-5-9(11)12-7(2)8(6)3-4-10/h5H,3-4,10H2,1-2H3,(H2,11,12). The van der Waals surface area contributed by atoms with Gasteiger partial charge in [-0.3, -0.25) is 0 Å². The molecule has 0 aliphatic carbocycles. The fourth-order valence-corrected chi connectivity index (χ4v) is 1.41. The van der Waals surface area contributed by atoms with Crippen LogP contribution >= 0.6 is 0 Å². The Morgan fingerprint density at radius 2 is 2.08 bits per heavy atom. The van der Waals surface area contributed by atoms with Gasteiger partial charge in [0.15, 0.2) is 0 Å². The summed E-state index contributed by atoms with van der Waals surface area (Å²) in [6.07, 6.45) is 0.880. The van der Waals surface area contributed by atoms with Gasteiger partial charge in [-0.1, -0.05) is 0 Å². The topological polar surface area (TPSA) is 64.9 Å². The van der Waals surface area contributed by atoms with E-state index in [1.165, 1.54) is 11.1 Å². The Labute approximate surface area is 72.8 Å². The van der Waals surface area contributed by atoms with E-state index in [1.807, 2.05) is 19.9 Å². The summed E-state index contributed by atoms with van der Waals surface area (Å²) in [7, 11) is 0. The van der Waals surface area contributed by atoms with Crippen LogP contribution in [0.3, 0.4) is 0 Å². The number of nitrogens with two attached hydrogens (primary N) is 2. The minimum Gasteiger partial charge on any atom is -0.384 e. The SMILES string of the molecule is Cc1cc(N)nc(C)c1CCN. The molecule has 3 heteroatoms. The van der Waals surface area contributed by atoms with Gasteiger partial charge in [-0.15, -0.1) is 0 Å². The van der Waals surface area contributed by atoms with Crippen LogP contribution in [-0.2, 0) is 6.42 Å². The van der Waals surface area contributed by atoms with E-state index in [-0.39, 0.29) is 0 Å². The lowest BCUT2D eigenvalue weighted by atomic mass is 10.1. The Hall–Kier alpha value is -1.09. The summed E-state index contributed by atoms with van der Waals surface area (Å²) in [6.45, 7) is 4.66. The molecule has 0 atom stereocenters. The number of nitrogens with zero attached hydrogens (tertiary/aromatic N) is 1. The fraction of sp³-hybridized carbons (Fsp3) is 0.444. The summed E-state index contributed by atoms with van der Waals surface area (Å²) >= 11 is 0. The quantitative estimate of drug-likeness (QED) is 0.680. The third-order valence-corrected chi connectivity index (χ3v) is 1.97. The smallest absolute Gasteiger partial charge is 0.123 e. The van der Waals surface area contributed by atoms with E-state index >= 15 is 0 Å². The predicted molar refractivity (Wildman–Crippen MR) is 50.9 cm³/mol. The lowest BCUT2D eigenvalue weighted by molar-refractivity contribution is 0.928. The summed E-state index contributed by atoms with van der Waals surface area (Å²) in [5.41, 5.74) is 14.5. The number of rotatable bonds is 2. The summed E-state index contributed by atoms with van der Waals surface area (Å²) < 4.78 is 0. The molecule has 12 heavy (non-hydrogen) atoms. The second-order valence-electron chi connectivity index (χ2n) is 2.97. The van der Waals surface area contributed by atoms with Crippen molar-refractivity contribution in [3.8, 4) is 0 Å². The molecule has 0 saturated carbocycles. The Bertz CT molecular complexity index is 258. The molecular formula is C9H15N3. The van der Waals surface area contributed by atoms with Gasteiger partial charge in [0.25, 0.3) is 0 Å². The Kier molecular flexibility index (Phi) is 2.65. The van der Waals surface area contributed by atoms with Crippen LogP contribution in [-0.4, -0.2) is 11.5 Å². The van der Waals surface area contributed by atoms with Crippen molar-refractivity contribution in [3.05, 3.63) is 22.9 Å². The van der Waals surface area contributed by atoms with E-state index in [0.29, 0.717) is 12.4 Å². The van der Waals surface area contributed by atoms with Crippen LogP contribution in [0.1, 0.15) is 16.8 Å². The molecule has 1 aromatic rings. The number of nitrogen functional groups attached to an aromatic ring is 1. The zero-order chi connectivity index (χ0) is 9.14. The van der Waals surface area contributed by atoms with Crippen molar-refractivity contribution in [3.63, 3.8) is 0 Å². The number of anilines is 1. The lowest BCUT2D eigenvalue weighted by Crippen LogP contribution is -2.08. The van der Waals surface area contributed by atoms with E-state index in [9.17, 15) is 0 Å². The van der Waals surface area contributed by atoms with Crippen LogP contribution < -0.4 is 11.5 Å². The minimum atomic E-state index is 0.589. The molecule has 0 amide bonds. The highest BCUT2D eigenvalue weighted by atomic mass is 14.8. The maximum absolute atomic E-state index is 5.58. The van der Waals surface area contributed by atoms with Gasteiger partial charge in [0.05, 0.1) is 0 Å². The fourth-order valence-electron chi connectivity index (χ4n) is 1.41. The van der Waals surface area contributed by atoms with Crippen molar-refractivity contribution >= 4 is 5.82 Å². The first-order valence-corrected chi connectivity index (χ1v) is 4.08. The average molecular weight is 165 g/mol. The van der Waals surface area contributed by atoms with Crippen LogP contribution in [0.2, 0.25) is 0 Å². The Balaban J connectivity index is 3.10. The van der Waals surface area contributed by atoms with E-state index in [0.717, 1.165) is 12.1 Å². The van der Waals surface area contributed by atoms with Gasteiger partial charge in [-0.25, -0.2) is 4.98 Å². The second-order valence-corrected chi connectivity index (χ2v) is 2.97. The molecule has 1 heterocycles. The summed E-state index contributed by atoms with van der Waals surface area (Å²) in [4.78, 5) is 4.18. The van der Waals surface area contributed by atoms with Gasteiger partial charge >= 0.3 is 0 Å². The zero-order valence-electron chi connectivity index (χ0n) is 7.59. The predicted octanol–water partition coefficient (Wildman–Crippen LogP) is 0.782. The van der Waals surface area contributed by atoms with Gasteiger partial charge < -0.3 is 11.5 Å². The minimum absolute atomic E-state index is 0.589. The molecule has 0 unspecified atom stereocenters. The summed E-state index contributed by atoms with van der Waals surface area (Å²) in [5.74, 6) is 0.589. The first-order chi connectivity index (χ1) is 5.65. The number of pyridine rings is 1. The molecular weight excluding hydrogens is 150 g/mol. The molecule has 1 aromatic heterocycles. The van der Waals surface area contributed by atoms with Crippen LogP contribution in [0.4, 0.5) is 5.82 Å². The number of hydrogen-bond acceptors (Lipinski definition) is 3. The maximum Gasteiger partial charge on any atom is 0.123 e. The lowest BCUT2D eigenvalue weighted by Gasteiger charge is -2.08. The maximum atomic E-state index is 5.58. The monoisotopic (exact) mass is 165 g/mol. The highest BCUT2D eigenvalue weighted by Gasteiger charge is 2.03. The molecule has 3 nitrogen and oxygen atoms in total. The highest BCUT2D eigenvalue weighted by molar-refractivity contribution is 5.40. The second kappa shape index (κ2) is 3.54. The molecule has 0 fully saturated rings. The molecule has 0 saturated heterocycles. The van der Waals surface area contributed by atoms with Crippen molar-refractivity contribution in [2.24, 2.45) is 5.73 Å². The molecule has 1 rings (SSSR count). The Morgan fingerprint density at radius 3 is 2.58 bits per heavy atom. The molecule has 0 aliphatic heterocycles. The van der Waals surface area contributed by atoms with Crippen LogP contribution in [0, 0.1) is 13.8 Å². The van der Waals surface area contributed by atoms with Crippen molar-refractivity contribution in [1.29, 1.82) is 0 Å². The van der Waals surface area contributed by atoms with Crippen molar-refractivity contribution in [2.45, 2.75) is 20.3 Å². The molecule has 0 aliphatic rings. The number of aryl methyl sites for hydroxylation is 2. The van der Waals surface area contributed by atoms with Gasteiger partial charge in [0.2, 0.25) is 0 Å². The van der Waals surface area contributed by atoms with Crippen LogP contribution in [0.5, 0.6) is 0 Å². The van der Waals surface area contributed by atoms with Crippen LogP contribution in [0.15, 0.2) is 6.07 Å². The number of hydrogen-bond donors (Lipinski definition) is 2. The number of aromatic nitrogens is 1. The zero-order valence-corrected chi connectivity index (χ0v) is 7.59. The van der Waals surface area contributed by atoms with E-state index in [1.54, 1.807) is 0 Å². The molecule has 0 radical (unpaired) electrons. The first kappa shape index (κ1) is 9.00. The summed E-state index contributed by atoms with van der Waals surface area (Å²) in [6, 6.07) is 1.89. The van der Waals surface area contributed by atoms with Crippen molar-refractivity contribution in [1.82, 2.24) is 4.98 Å². The van der Waals surface area contributed by atoms with Crippen LogP contribution in [0.25, 0.3) is 0 Å². The molecule has 0 bridgehead atoms. The van der Waals surface area contributed by atoms with E-state index in [2.05, 4.69) is 4.98 Å². The summed E-state index contributed by atoms with van der Waals surface area (Å²) in [5, 5.41) is 0. The highest BCUT2D eigenvalue weighted by Crippen LogP contribution is 2.14. The molecule has 4 N–H and O–H groups in total.